The number of nitriles is 1. The number of hydrogen-bond donors (Lipinski definition) is 1. The minimum Gasteiger partial charge on any atom is -0.347 e. The van der Waals surface area contributed by atoms with Crippen molar-refractivity contribution in [1.82, 2.24) is 19.4 Å². The SMILES string of the molecule is Cc1c(Sc2cccc(C#N)c2)cc(C(=O)NCc2cccc3ncn(C4CC4)c23)n1C. The quantitative estimate of drug-likeness (QED) is 0.458. The number of carbonyl (C=O) groups is 1. The summed E-state index contributed by atoms with van der Waals surface area (Å²) in [6.07, 6.45) is 4.29. The van der Waals surface area contributed by atoms with Gasteiger partial charge in [0.1, 0.15) is 5.69 Å². The van der Waals surface area contributed by atoms with Crippen molar-refractivity contribution in [2.45, 2.75) is 42.1 Å². The third kappa shape index (κ3) is 3.78. The second-order valence-electron chi connectivity index (χ2n) is 8.13. The Hall–Kier alpha value is -3.50. The third-order valence-electron chi connectivity index (χ3n) is 5.97. The summed E-state index contributed by atoms with van der Waals surface area (Å²) in [5, 5.41) is 12.2. The highest BCUT2D eigenvalue weighted by Crippen LogP contribution is 2.38. The van der Waals surface area contributed by atoms with Crippen molar-refractivity contribution < 1.29 is 4.79 Å². The molecule has 0 atom stereocenters. The van der Waals surface area contributed by atoms with Crippen molar-refractivity contribution in [2.75, 3.05) is 0 Å². The summed E-state index contributed by atoms with van der Waals surface area (Å²) in [6.45, 7) is 2.45. The zero-order valence-corrected chi connectivity index (χ0v) is 18.8. The number of carbonyl (C=O) groups excluding carboxylic acids is 1. The Balaban J connectivity index is 1.35. The zero-order chi connectivity index (χ0) is 22.2. The standard InChI is InChI=1S/C25H23N5OS/c1-16-23(32-20-7-3-5-17(11-20)13-26)12-22(29(16)2)25(31)27-14-18-6-4-8-21-24(18)30(15-28-21)19-9-10-19/h3-8,11-12,15,19H,9-10,14H2,1-2H3,(H,27,31). The molecule has 4 aromatic rings. The average molecular weight is 442 g/mol. The molecule has 160 valence electrons. The molecule has 0 saturated heterocycles. The number of amides is 1. The van der Waals surface area contributed by atoms with E-state index in [0.29, 0.717) is 23.8 Å². The first-order valence-electron chi connectivity index (χ1n) is 10.6. The summed E-state index contributed by atoms with van der Waals surface area (Å²) in [5.74, 6) is -0.109. The van der Waals surface area contributed by atoms with E-state index in [9.17, 15) is 4.79 Å². The molecule has 0 aliphatic heterocycles. The van der Waals surface area contributed by atoms with Crippen LogP contribution in [0.4, 0.5) is 0 Å². The van der Waals surface area contributed by atoms with Crippen LogP contribution in [-0.4, -0.2) is 20.0 Å². The van der Waals surface area contributed by atoms with Gasteiger partial charge in [-0.25, -0.2) is 4.98 Å². The van der Waals surface area contributed by atoms with Crippen LogP contribution in [0, 0.1) is 18.3 Å². The van der Waals surface area contributed by atoms with Crippen LogP contribution >= 0.6 is 11.8 Å². The number of para-hydroxylation sites is 1. The van der Waals surface area contributed by atoms with Gasteiger partial charge in [0, 0.05) is 35.1 Å². The van der Waals surface area contributed by atoms with E-state index in [2.05, 4.69) is 27.0 Å². The summed E-state index contributed by atoms with van der Waals surface area (Å²) in [7, 11) is 1.91. The second kappa shape index (κ2) is 8.21. The van der Waals surface area contributed by atoms with E-state index in [0.717, 1.165) is 32.1 Å². The van der Waals surface area contributed by atoms with Crippen molar-refractivity contribution in [2.24, 2.45) is 7.05 Å². The van der Waals surface area contributed by atoms with Gasteiger partial charge >= 0.3 is 0 Å². The number of nitrogens with one attached hydrogen (secondary N) is 1. The summed E-state index contributed by atoms with van der Waals surface area (Å²) in [6, 6.07) is 18.2. The molecule has 1 aliphatic carbocycles. The van der Waals surface area contributed by atoms with Crippen molar-refractivity contribution in [3.05, 3.63) is 77.4 Å². The molecule has 0 spiro atoms. The van der Waals surface area contributed by atoms with Crippen LogP contribution in [0.5, 0.6) is 0 Å². The molecule has 2 heterocycles. The highest BCUT2D eigenvalue weighted by molar-refractivity contribution is 7.99. The van der Waals surface area contributed by atoms with Crippen molar-refractivity contribution in [1.29, 1.82) is 5.26 Å². The first-order valence-corrected chi connectivity index (χ1v) is 11.4. The Kier molecular flexibility index (Phi) is 5.24. The Morgan fingerprint density at radius 3 is 2.84 bits per heavy atom. The number of aromatic nitrogens is 3. The minimum atomic E-state index is -0.109. The molecule has 1 fully saturated rings. The predicted octanol–water partition coefficient (Wildman–Crippen LogP) is 4.97. The number of rotatable bonds is 6. The van der Waals surface area contributed by atoms with Gasteiger partial charge in [-0.1, -0.05) is 30.0 Å². The predicted molar refractivity (Wildman–Crippen MR) is 125 cm³/mol. The maximum atomic E-state index is 13.1. The first-order chi connectivity index (χ1) is 15.5. The minimum absolute atomic E-state index is 0.109. The lowest BCUT2D eigenvalue weighted by molar-refractivity contribution is 0.0942. The van der Waals surface area contributed by atoms with Gasteiger partial charge in [0.25, 0.3) is 5.91 Å². The monoisotopic (exact) mass is 441 g/mol. The van der Waals surface area contributed by atoms with E-state index in [4.69, 9.17) is 5.26 Å². The molecular weight excluding hydrogens is 418 g/mol. The molecule has 0 bridgehead atoms. The average Bonchev–Trinajstić information content (AvgIpc) is 3.50. The molecule has 32 heavy (non-hydrogen) atoms. The highest BCUT2D eigenvalue weighted by Gasteiger charge is 2.26. The van der Waals surface area contributed by atoms with Gasteiger partial charge in [-0.2, -0.15) is 5.26 Å². The summed E-state index contributed by atoms with van der Waals surface area (Å²) >= 11 is 1.56. The zero-order valence-electron chi connectivity index (χ0n) is 18.0. The smallest absolute Gasteiger partial charge is 0.268 e. The van der Waals surface area contributed by atoms with Gasteiger partial charge < -0.3 is 14.5 Å². The lowest BCUT2D eigenvalue weighted by Gasteiger charge is -2.10. The normalized spacial score (nSPS) is 13.3. The fraction of sp³-hybridized carbons (Fsp3) is 0.240. The lowest BCUT2D eigenvalue weighted by Crippen LogP contribution is -2.25. The molecule has 1 N–H and O–H groups in total. The van der Waals surface area contributed by atoms with E-state index >= 15 is 0 Å². The third-order valence-corrected chi connectivity index (χ3v) is 7.09. The van der Waals surface area contributed by atoms with Crippen LogP contribution in [0.25, 0.3) is 11.0 Å². The van der Waals surface area contributed by atoms with Crippen LogP contribution in [0.3, 0.4) is 0 Å². The van der Waals surface area contributed by atoms with E-state index < -0.39 is 0 Å². The van der Waals surface area contributed by atoms with Crippen molar-refractivity contribution >= 4 is 28.7 Å². The Morgan fingerprint density at radius 2 is 2.06 bits per heavy atom. The topological polar surface area (TPSA) is 75.6 Å². The molecule has 2 aromatic heterocycles. The van der Waals surface area contributed by atoms with E-state index in [1.807, 2.05) is 61.3 Å². The van der Waals surface area contributed by atoms with Gasteiger partial charge in [-0.05, 0) is 55.7 Å². The molecular formula is C25H23N5OS. The van der Waals surface area contributed by atoms with Crippen molar-refractivity contribution in [3.8, 4) is 6.07 Å². The molecule has 6 nitrogen and oxygen atoms in total. The molecule has 0 unspecified atom stereocenters. The molecule has 1 aliphatic rings. The fourth-order valence-corrected chi connectivity index (χ4v) is 4.99. The molecule has 0 radical (unpaired) electrons. The number of hydrogen-bond acceptors (Lipinski definition) is 4. The Labute approximate surface area is 190 Å². The van der Waals surface area contributed by atoms with Gasteiger partial charge in [0.15, 0.2) is 0 Å². The summed E-state index contributed by atoms with van der Waals surface area (Å²) < 4.78 is 4.16. The first kappa shape index (κ1) is 20.4. The van der Waals surface area contributed by atoms with Crippen LogP contribution in [0.2, 0.25) is 0 Å². The number of fused-ring (bicyclic) bond motifs is 1. The van der Waals surface area contributed by atoms with Crippen LogP contribution in [-0.2, 0) is 13.6 Å². The summed E-state index contributed by atoms with van der Waals surface area (Å²) in [4.78, 5) is 19.6. The lowest BCUT2D eigenvalue weighted by atomic mass is 10.1. The second-order valence-corrected chi connectivity index (χ2v) is 9.25. The van der Waals surface area contributed by atoms with Gasteiger partial charge in [-0.3, -0.25) is 4.79 Å². The van der Waals surface area contributed by atoms with Gasteiger partial charge in [-0.15, -0.1) is 0 Å². The van der Waals surface area contributed by atoms with E-state index in [1.165, 1.54) is 12.8 Å². The number of benzene rings is 2. The van der Waals surface area contributed by atoms with Gasteiger partial charge in [0.05, 0.1) is 29.0 Å². The number of imidazole rings is 1. The van der Waals surface area contributed by atoms with E-state index in [-0.39, 0.29) is 5.91 Å². The van der Waals surface area contributed by atoms with Crippen LogP contribution in [0.1, 0.15) is 46.2 Å². The van der Waals surface area contributed by atoms with Crippen LogP contribution < -0.4 is 5.32 Å². The molecule has 5 rings (SSSR count). The molecule has 2 aromatic carbocycles. The van der Waals surface area contributed by atoms with Gasteiger partial charge in [0.2, 0.25) is 0 Å². The molecule has 7 heteroatoms. The Morgan fingerprint density at radius 1 is 1.25 bits per heavy atom. The van der Waals surface area contributed by atoms with Crippen LogP contribution in [0.15, 0.2) is 64.6 Å². The summed E-state index contributed by atoms with van der Waals surface area (Å²) in [5.41, 5.74) is 5.42. The number of nitrogens with zero attached hydrogens (tertiary/aromatic N) is 4. The highest BCUT2D eigenvalue weighted by atomic mass is 32.2. The van der Waals surface area contributed by atoms with E-state index in [1.54, 1.807) is 17.8 Å². The largest absolute Gasteiger partial charge is 0.347 e. The molecule has 1 amide bonds. The Bertz CT molecular complexity index is 1370. The molecule has 1 saturated carbocycles. The fourth-order valence-electron chi connectivity index (χ4n) is 3.95. The van der Waals surface area contributed by atoms with Crippen molar-refractivity contribution in [3.63, 3.8) is 0 Å². The maximum absolute atomic E-state index is 13.1. The maximum Gasteiger partial charge on any atom is 0.268 e.